The number of aryl methyl sites for hydroxylation is 1. The summed E-state index contributed by atoms with van der Waals surface area (Å²) in [4.78, 5) is 21.0. The quantitative estimate of drug-likeness (QED) is 0.609. The summed E-state index contributed by atoms with van der Waals surface area (Å²) < 4.78 is 0. The fourth-order valence-corrected chi connectivity index (χ4v) is 2.73. The van der Waals surface area contributed by atoms with Crippen molar-refractivity contribution in [3.8, 4) is 11.4 Å². The molecule has 0 aliphatic heterocycles. The standard InChI is InChI=1S/C22H23N3O/c1-3-7-21(26)17-10-12-20(13-11-17)23-14-19-15-24-22(25-16(19)2)18-8-5-4-6-9-18/h4-6,8-13,15,23H,3,7,14H2,1-2H3. The van der Waals surface area contributed by atoms with Gasteiger partial charge in [0.05, 0.1) is 0 Å². The van der Waals surface area contributed by atoms with Gasteiger partial charge >= 0.3 is 0 Å². The Morgan fingerprint density at radius 3 is 2.42 bits per heavy atom. The van der Waals surface area contributed by atoms with Crippen LogP contribution in [-0.2, 0) is 6.54 Å². The first-order chi connectivity index (χ1) is 12.7. The molecule has 2 aromatic carbocycles. The first kappa shape index (κ1) is 17.8. The highest BCUT2D eigenvalue weighted by Crippen LogP contribution is 2.17. The van der Waals surface area contributed by atoms with E-state index in [0.717, 1.165) is 40.3 Å². The number of carbonyl (C=O) groups excluding carboxylic acids is 1. The van der Waals surface area contributed by atoms with E-state index < -0.39 is 0 Å². The molecule has 1 aromatic heterocycles. The predicted molar refractivity (Wildman–Crippen MR) is 105 cm³/mol. The SMILES string of the molecule is CCCC(=O)c1ccc(NCc2cnc(-c3ccccc3)nc2C)cc1. The molecule has 1 heterocycles. The fourth-order valence-electron chi connectivity index (χ4n) is 2.73. The summed E-state index contributed by atoms with van der Waals surface area (Å²) in [7, 11) is 0. The third-order valence-corrected chi connectivity index (χ3v) is 4.28. The second-order valence-electron chi connectivity index (χ2n) is 6.27. The zero-order chi connectivity index (χ0) is 18.4. The summed E-state index contributed by atoms with van der Waals surface area (Å²) in [5.74, 6) is 0.936. The molecule has 0 unspecified atom stereocenters. The molecule has 4 nitrogen and oxygen atoms in total. The van der Waals surface area contributed by atoms with Crippen molar-refractivity contribution >= 4 is 11.5 Å². The lowest BCUT2D eigenvalue weighted by Gasteiger charge is -2.10. The molecular formula is C22H23N3O. The van der Waals surface area contributed by atoms with Gasteiger partial charge in [0, 0.05) is 47.2 Å². The van der Waals surface area contributed by atoms with Crippen molar-refractivity contribution in [2.24, 2.45) is 0 Å². The Hall–Kier alpha value is -3.01. The largest absolute Gasteiger partial charge is 0.381 e. The highest BCUT2D eigenvalue weighted by Gasteiger charge is 2.07. The van der Waals surface area contributed by atoms with E-state index in [-0.39, 0.29) is 5.78 Å². The van der Waals surface area contributed by atoms with Crippen LogP contribution in [-0.4, -0.2) is 15.8 Å². The van der Waals surface area contributed by atoms with Gasteiger partial charge in [-0.25, -0.2) is 9.97 Å². The zero-order valence-corrected chi connectivity index (χ0v) is 15.2. The number of nitrogens with zero attached hydrogens (tertiary/aromatic N) is 2. The number of ketones is 1. The van der Waals surface area contributed by atoms with E-state index in [4.69, 9.17) is 0 Å². The number of hydrogen-bond acceptors (Lipinski definition) is 4. The van der Waals surface area contributed by atoms with Gasteiger partial charge in [-0.1, -0.05) is 37.3 Å². The predicted octanol–water partition coefficient (Wildman–Crippen LogP) is 5.05. The van der Waals surface area contributed by atoms with Crippen LogP contribution in [0.1, 0.15) is 41.4 Å². The summed E-state index contributed by atoms with van der Waals surface area (Å²) in [6, 6.07) is 17.6. The second-order valence-corrected chi connectivity index (χ2v) is 6.27. The van der Waals surface area contributed by atoms with Crippen LogP contribution in [0.2, 0.25) is 0 Å². The van der Waals surface area contributed by atoms with Crippen LogP contribution >= 0.6 is 0 Å². The van der Waals surface area contributed by atoms with E-state index >= 15 is 0 Å². The van der Waals surface area contributed by atoms with Crippen LogP contribution in [0.15, 0.2) is 60.8 Å². The number of benzene rings is 2. The van der Waals surface area contributed by atoms with Gasteiger partial charge in [0.15, 0.2) is 11.6 Å². The normalized spacial score (nSPS) is 10.5. The van der Waals surface area contributed by atoms with Crippen molar-refractivity contribution in [2.45, 2.75) is 33.2 Å². The molecule has 0 aliphatic carbocycles. The van der Waals surface area contributed by atoms with Gasteiger partial charge in [0.2, 0.25) is 0 Å². The summed E-state index contributed by atoms with van der Waals surface area (Å²) in [6.07, 6.45) is 3.34. The van der Waals surface area contributed by atoms with Gasteiger partial charge in [0.25, 0.3) is 0 Å². The Kier molecular flexibility index (Phi) is 5.74. The van der Waals surface area contributed by atoms with Crippen molar-refractivity contribution < 1.29 is 4.79 Å². The molecule has 0 atom stereocenters. The van der Waals surface area contributed by atoms with Crippen LogP contribution in [0.4, 0.5) is 5.69 Å². The minimum absolute atomic E-state index is 0.194. The maximum atomic E-state index is 11.9. The number of anilines is 1. The fraction of sp³-hybridized carbons (Fsp3) is 0.227. The third kappa shape index (κ3) is 4.33. The van der Waals surface area contributed by atoms with Crippen molar-refractivity contribution in [2.75, 3.05) is 5.32 Å². The number of hydrogen-bond donors (Lipinski definition) is 1. The monoisotopic (exact) mass is 345 g/mol. The average Bonchev–Trinajstić information content (AvgIpc) is 2.68. The lowest BCUT2D eigenvalue weighted by atomic mass is 10.1. The minimum Gasteiger partial charge on any atom is -0.381 e. The molecule has 26 heavy (non-hydrogen) atoms. The van der Waals surface area contributed by atoms with E-state index in [1.165, 1.54) is 0 Å². The summed E-state index contributed by atoms with van der Waals surface area (Å²) in [6.45, 7) is 4.65. The van der Waals surface area contributed by atoms with Crippen LogP contribution in [0, 0.1) is 6.92 Å². The zero-order valence-electron chi connectivity index (χ0n) is 15.2. The Labute approximate surface area is 154 Å². The first-order valence-electron chi connectivity index (χ1n) is 8.92. The number of aromatic nitrogens is 2. The van der Waals surface area contributed by atoms with Gasteiger partial charge in [0.1, 0.15) is 0 Å². The molecule has 0 amide bonds. The van der Waals surface area contributed by atoms with Crippen molar-refractivity contribution in [1.82, 2.24) is 9.97 Å². The topological polar surface area (TPSA) is 54.9 Å². The highest BCUT2D eigenvalue weighted by atomic mass is 16.1. The molecule has 0 saturated heterocycles. The molecular weight excluding hydrogens is 322 g/mol. The third-order valence-electron chi connectivity index (χ3n) is 4.28. The Morgan fingerprint density at radius 1 is 1.04 bits per heavy atom. The Morgan fingerprint density at radius 2 is 1.77 bits per heavy atom. The maximum Gasteiger partial charge on any atom is 0.162 e. The summed E-state index contributed by atoms with van der Waals surface area (Å²) in [5, 5.41) is 3.37. The van der Waals surface area contributed by atoms with Crippen LogP contribution in [0.25, 0.3) is 11.4 Å². The van der Waals surface area contributed by atoms with Crippen molar-refractivity contribution in [1.29, 1.82) is 0 Å². The van der Waals surface area contributed by atoms with Gasteiger partial charge in [-0.2, -0.15) is 0 Å². The molecule has 3 rings (SSSR count). The van der Waals surface area contributed by atoms with E-state index in [2.05, 4.69) is 15.3 Å². The van der Waals surface area contributed by atoms with E-state index in [0.29, 0.717) is 13.0 Å². The molecule has 4 heteroatoms. The number of carbonyl (C=O) groups is 1. The van der Waals surface area contributed by atoms with E-state index in [1.807, 2.05) is 74.6 Å². The molecule has 0 saturated carbocycles. The van der Waals surface area contributed by atoms with E-state index in [1.54, 1.807) is 0 Å². The number of Topliss-reactive ketones (excluding diaryl/α,β-unsaturated/α-hetero) is 1. The lowest BCUT2D eigenvalue weighted by Crippen LogP contribution is -2.05. The van der Waals surface area contributed by atoms with Gasteiger partial charge in [-0.3, -0.25) is 4.79 Å². The van der Waals surface area contributed by atoms with Crippen molar-refractivity contribution in [3.05, 3.63) is 77.6 Å². The van der Waals surface area contributed by atoms with Crippen molar-refractivity contribution in [3.63, 3.8) is 0 Å². The van der Waals surface area contributed by atoms with Gasteiger partial charge in [-0.05, 0) is 37.6 Å². The molecule has 0 radical (unpaired) electrons. The number of rotatable bonds is 7. The Bertz CT molecular complexity index is 874. The second kappa shape index (κ2) is 8.39. The van der Waals surface area contributed by atoms with Crippen LogP contribution in [0.3, 0.4) is 0 Å². The minimum atomic E-state index is 0.194. The lowest BCUT2D eigenvalue weighted by molar-refractivity contribution is 0.0982. The molecule has 1 N–H and O–H groups in total. The average molecular weight is 345 g/mol. The van der Waals surface area contributed by atoms with E-state index in [9.17, 15) is 4.79 Å². The molecule has 0 fully saturated rings. The van der Waals surface area contributed by atoms with Crippen LogP contribution in [0.5, 0.6) is 0 Å². The highest BCUT2D eigenvalue weighted by molar-refractivity contribution is 5.96. The maximum absolute atomic E-state index is 11.9. The van der Waals surface area contributed by atoms with Gasteiger partial charge < -0.3 is 5.32 Å². The smallest absolute Gasteiger partial charge is 0.162 e. The Balaban J connectivity index is 1.65. The molecule has 0 aliphatic rings. The first-order valence-corrected chi connectivity index (χ1v) is 8.92. The molecule has 132 valence electrons. The molecule has 3 aromatic rings. The summed E-state index contributed by atoms with van der Waals surface area (Å²) >= 11 is 0. The van der Waals surface area contributed by atoms with Crippen LogP contribution < -0.4 is 5.32 Å². The van der Waals surface area contributed by atoms with Gasteiger partial charge in [-0.15, -0.1) is 0 Å². The molecule has 0 spiro atoms. The number of nitrogens with one attached hydrogen (secondary N) is 1. The molecule has 0 bridgehead atoms. The summed E-state index contributed by atoms with van der Waals surface area (Å²) in [5.41, 5.74) is 4.77.